The zero-order chi connectivity index (χ0) is 13.5. The number of anilines is 1. The predicted molar refractivity (Wildman–Crippen MR) is 79.2 cm³/mol. The van der Waals surface area contributed by atoms with E-state index in [2.05, 4.69) is 33.7 Å². The number of benzene rings is 1. The molecule has 98 valence electrons. The lowest BCUT2D eigenvalue weighted by Crippen LogP contribution is -1.98. The topological polar surface area (TPSA) is 61.6 Å². The summed E-state index contributed by atoms with van der Waals surface area (Å²) in [5, 5.41) is 21.0. The Labute approximate surface area is 120 Å². The van der Waals surface area contributed by atoms with Gasteiger partial charge in [-0.25, -0.2) is 0 Å². The van der Waals surface area contributed by atoms with E-state index in [0.717, 1.165) is 21.8 Å². The van der Waals surface area contributed by atoms with E-state index < -0.39 is 0 Å². The first-order valence-corrected chi connectivity index (χ1v) is 7.72. The number of nitriles is 1. The molecule has 0 saturated carbocycles. The molecule has 0 radical (unpaired) electrons. The molecule has 0 amide bonds. The molecule has 0 aliphatic rings. The zero-order valence-corrected chi connectivity index (χ0v) is 12.2. The van der Waals surface area contributed by atoms with Crippen molar-refractivity contribution in [2.24, 2.45) is 5.92 Å². The normalized spacial score (nSPS) is 11.8. The Bertz CT molecular complexity index is 547. The summed E-state index contributed by atoms with van der Waals surface area (Å²) in [6.45, 7) is 2.65. The first-order chi connectivity index (χ1) is 9.28. The second-order valence-electron chi connectivity index (χ2n) is 4.05. The van der Waals surface area contributed by atoms with E-state index in [4.69, 9.17) is 5.26 Å². The van der Waals surface area contributed by atoms with Gasteiger partial charge in [0.25, 0.3) is 0 Å². The first-order valence-electron chi connectivity index (χ1n) is 5.91. The van der Waals surface area contributed by atoms with Crippen molar-refractivity contribution >= 4 is 28.2 Å². The van der Waals surface area contributed by atoms with Crippen LogP contribution in [0, 0.1) is 17.2 Å². The molecule has 2 aromatic rings. The molecule has 0 aliphatic carbocycles. The lowest BCUT2D eigenvalue weighted by molar-refractivity contribution is 0.862. The van der Waals surface area contributed by atoms with Gasteiger partial charge in [0.15, 0.2) is 4.34 Å². The van der Waals surface area contributed by atoms with Gasteiger partial charge in [-0.1, -0.05) is 53.4 Å². The molecule has 2 rings (SSSR count). The summed E-state index contributed by atoms with van der Waals surface area (Å²) in [5.41, 5.74) is 1.21. The third-order valence-electron chi connectivity index (χ3n) is 2.37. The second kappa shape index (κ2) is 7.12. The highest BCUT2D eigenvalue weighted by atomic mass is 32.2. The van der Waals surface area contributed by atoms with E-state index >= 15 is 0 Å². The van der Waals surface area contributed by atoms with Gasteiger partial charge in [0.1, 0.15) is 0 Å². The number of hydrogen-bond donors (Lipinski definition) is 1. The Morgan fingerprint density at radius 2 is 2.16 bits per heavy atom. The minimum absolute atomic E-state index is 0.0367. The van der Waals surface area contributed by atoms with Crippen LogP contribution in [-0.2, 0) is 6.54 Å². The third kappa shape index (κ3) is 4.54. The van der Waals surface area contributed by atoms with Crippen LogP contribution in [0.2, 0.25) is 0 Å². The molecular formula is C13H14N4S2. The van der Waals surface area contributed by atoms with Gasteiger partial charge in [-0.3, -0.25) is 0 Å². The largest absolute Gasteiger partial charge is 0.356 e. The Hall–Kier alpha value is -1.58. The molecule has 0 unspecified atom stereocenters. The van der Waals surface area contributed by atoms with E-state index in [0.29, 0.717) is 0 Å². The van der Waals surface area contributed by atoms with Crippen molar-refractivity contribution in [1.29, 1.82) is 5.26 Å². The lowest BCUT2D eigenvalue weighted by Gasteiger charge is -2.01. The van der Waals surface area contributed by atoms with Crippen molar-refractivity contribution in [1.82, 2.24) is 10.2 Å². The smallest absolute Gasteiger partial charge is 0.206 e. The Kier molecular flexibility index (Phi) is 5.19. The fraction of sp³-hybridized carbons (Fsp3) is 0.308. The van der Waals surface area contributed by atoms with Gasteiger partial charge in [-0.2, -0.15) is 5.26 Å². The van der Waals surface area contributed by atoms with Crippen LogP contribution in [0.3, 0.4) is 0 Å². The van der Waals surface area contributed by atoms with Gasteiger partial charge < -0.3 is 5.32 Å². The van der Waals surface area contributed by atoms with Gasteiger partial charge in [-0.15, -0.1) is 10.2 Å². The van der Waals surface area contributed by atoms with E-state index in [-0.39, 0.29) is 5.92 Å². The Balaban J connectivity index is 1.83. The highest BCUT2D eigenvalue weighted by molar-refractivity contribution is 8.01. The van der Waals surface area contributed by atoms with Crippen LogP contribution in [0.1, 0.15) is 12.5 Å². The first kappa shape index (κ1) is 13.8. The summed E-state index contributed by atoms with van der Waals surface area (Å²) in [4.78, 5) is 0. The summed E-state index contributed by atoms with van der Waals surface area (Å²) < 4.78 is 0.901. The van der Waals surface area contributed by atoms with Crippen molar-refractivity contribution in [3.8, 4) is 6.07 Å². The maximum Gasteiger partial charge on any atom is 0.206 e. The number of rotatable bonds is 6. The fourth-order valence-corrected chi connectivity index (χ4v) is 3.06. The van der Waals surface area contributed by atoms with Crippen LogP contribution in [0.25, 0.3) is 0 Å². The molecule has 4 nitrogen and oxygen atoms in total. The van der Waals surface area contributed by atoms with Crippen molar-refractivity contribution in [2.45, 2.75) is 17.8 Å². The van der Waals surface area contributed by atoms with Crippen LogP contribution in [0.15, 0.2) is 34.7 Å². The van der Waals surface area contributed by atoms with E-state index in [1.54, 1.807) is 11.8 Å². The van der Waals surface area contributed by atoms with Gasteiger partial charge in [0, 0.05) is 12.3 Å². The fourth-order valence-electron chi connectivity index (χ4n) is 1.35. The SMILES string of the molecule is C[C@H](C#N)CSc1nnc(NCc2ccccc2)s1. The highest BCUT2D eigenvalue weighted by Crippen LogP contribution is 2.27. The molecular weight excluding hydrogens is 276 g/mol. The molecule has 1 aromatic heterocycles. The molecule has 1 atom stereocenters. The summed E-state index contributed by atoms with van der Waals surface area (Å²) in [5.74, 6) is 0.790. The van der Waals surface area contributed by atoms with E-state index in [1.165, 1.54) is 16.9 Å². The summed E-state index contributed by atoms with van der Waals surface area (Å²) in [6, 6.07) is 12.4. The molecule has 1 heterocycles. The number of aromatic nitrogens is 2. The zero-order valence-electron chi connectivity index (χ0n) is 10.5. The number of thioether (sulfide) groups is 1. The van der Waals surface area contributed by atoms with Crippen molar-refractivity contribution in [3.05, 3.63) is 35.9 Å². The average molecular weight is 290 g/mol. The molecule has 19 heavy (non-hydrogen) atoms. The average Bonchev–Trinajstić information content (AvgIpc) is 2.91. The van der Waals surface area contributed by atoms with Crippen LogP contribution < -0.4 is 5.32 Å². The molecule has 0 fully saturated rings. The lowest BCUT2D eigenvalue weighted by atomic mass is 10.2. The Morgan fingerprint density at radius 1 is 1.37 bits per heavy atom. The third-order valence-corrected chi connectivity index (χ3v) is 4.64. The molecule has 1 N–H and O–H groups in total. The molecule has 0 bridgehead atoms. The molecule has 6 heteroatoms. The van der Waals surface area contributed by atoms with E-state index in [1.807, 2.05) is 25.1 Å². The summed E-state index contributed by atoms with van der Waals surface area (Å²) >= 11 is 3.10. The van der Waals surface area contributed by atoms with Crippen LogP contribution >= 0.6 is 23.1 Å². The van der Waals surface area contributed by atoms with Crippen LogP contribution in [0.5, 0.6) is 0 Å². The number of hydrogen-bond acceptors (Lipinski definition) is 6. The van der Waals surface area contributed by atoms with Crippen molar-refractivity contribution < 1.29 is 0 Å². The second-order valence-corrected chi connectivity index (χ2v) is 6.30. The highest BCUT2D eigenvalue weighted by Gasteiger charge is 2.07. The van der Waals surface area contributed by atoms with Crippen molar-refractivity contribution in [2.75, 3.05) is 11.1 Å². The molecule has 0 aliphatic heterocycles. The molecule has 1 aromatic carbocycles. The number of nitrogens with zero attached hydrogens (tertiary/aromatic N) is 3. The quantitative estimate of drug-likeness (QED) is 0.826. The maximum absolute atomic E-state index is 8.72. The minimum Gasteiger partial charge on any atom is -0.356 e. The summed E-state index contributed by atoms with van der Waals surface area (Å²) in [7, 11) is 0. The molecule has 0 spiro atoms. The Morgan fingerprint density at radius 3 is 2.89 bits per heavy atom. The van der Waals surface area contributed by atoms with Gasteiger partial charge in [0.2, 0.25) is 5.13 Å². The maximum atomic E-state index is 8.72. The van der Waals surface area contributed by atoms with Crippen LogP contribution in [0.4, 0.5) is 5.13 Å². The molecule has 0 saturated heterocycles. The monoisotopic (exact) mass is 290 g/mol. The van der Waals surface area contributed by atoms with Crippen molar-refractivity contribution in [3.63, 3.8) is 0 Å². The van der Waals surface area contributed by atoms with Crippen LogP contribution in [-0.4, -0.2) is 16.0 Å². The number of nitrogens with one attached hydrogen (secondary N) is 1. The standard InChI is InChI=1S/C13H14N4S2/c1-10(7-14)9-18-13-17-16-12(19-13)15-8-11-5-3-2-4-6-11/h2-6,10H,8-9H2,1H3,(H,15,16)/t10-/m1/s1. The predicted octanol–water partition coefficient (Wildman–Crippen LogP) is 3.40. The minimum atomic E-state index is 0.0367. The van der Waals surface area contributed by atoms with Gasteiger partial charge in [0.05, 0.1) is 12.0 Å². The van der Waals surface area contributed by atoms with E-state index in [9.17, 15) is 0 Å². The summed E-state index contributed by atoms with van der Waals surface area (Å²) in [6.07, 6.45) is 0. The van der Waals surface area contributed by atoms with Gasteiger partial charge >= 0.3 is 0 Å². The van der Waals surface area contributed by atoms with Gasteiger partial charge in [-0.05, 0) is 12.5 Å².